The van der Waals surface area contributed by atoms with Crippen LogP contribution in [0.2, 0.25) is 0 Å². The van der Waals surface area contributed by atoms with Crippen molar-refractivity contribution in [2.75, 3.05) is 38.6 Å². The van der Waals surface area contributed by atoms with Crippen molar-refractivity contribution in [1.29, 1.82) is 0 Å². The Morgan fingerprint density at radius 1 is 1.56 bits per heavy atom. The predicted molar refractivity (Wildman–Crippen MR) is 70.6 cm³/mol. The van der Waals surface area contributed by atoms with Crippen LogP contribution in [0.4, 0.5) is 5.69 Å². The number of benzene rings is 1. The van der Waals surface area contributed by atoms with Gasteiger partial charge in [0.1, 0.15) is 5.75 Å². The lowest BCUT2D eigenvalue weighted by atomic mass is 10.0. The van der Waals surface area contributed by atoms with Crippen LogP contribution >= 0.6 is 0 Å². The third kappa shape index (κ3) is 3.21. The molecule has 0 spiro atoms. The van der Waals surface area contributed by atoms with Crippen LogP contribution in [-0.2, 0) is 4.79 Å². The number of nitrogens with zero attached hydrogens (tertiary/aromatic N) is 1. The summed E-state index contributed by atoms with van der Waals surface area (Å²) in [5.74, 6) is 1.29. The van der Waals surface area contributed by atoms with Crippen molar-refractivity contribution in [3.8, 4) is 5.75 Å². The first-order chi connectivity index (χ1) is 8.71. The van der Waals surface area contributed by atoms with Gasteiger partial charge in [-0.1, -0.05) is 6.07 Å². The van der Waals surface area contributed by atoms with Gasteiger partial charge in [-0.3, -0.25) is 9.69 Å². The average molecular weight is 249 g/mol. The normalized spacial score (nSPS) is 16.1. The standard InChI is InChI=1S/C13H19N3O2/c1-18-12-4-2-3-11(5-12)15-13(17)9-16-7-10(6-14)8-16/h2-5,10H,6-9,14H2,1H3,(H,15,17). The highest BCUT2D eigenvalue weighted by Gasteiger charge is 2.26. The van der Waals surface area contributed by atoms with Crippen LogP contribution in [0.1, 0.15) is 0 Å². The first-order valence-corrected chi connectivity index (χ1v) is 6.07. The number of hydrogen-bond donors (Lipinski definition) is 2. The molecule has 5 heteroatoms. The van der Waals surface area contributed by atoms with Gasteiger partial charge in [-0.2, -0.15) is 0 Å². The molecule has 1 aliphatic rings. The van der Waals surface area contributed by atoms with E-state index in [1.54, 1.807) is 13.2 Å². The lowest BCUT2D eigenvalue weighted by molar-refractivity contribution is -0.118. The molecule has 0 radical (unpaired) electrons. The zero-order valence-electron chi connectivity index (χ0n) is 10.6. The second-order valence-corrected chi connectivity index (χ2v) is 4.58. The maximum absolute atomic E-state index is 11.8. The lowest BCUT2D eigenvalue weighted by Crippen LogP contribution is -2.52. The van der Waals surface area contributed by atoms with E-state index < -0.39 is 0 Å². The fourth-order valence-corrected chi connectivity index (χ4v) is 2.06. The summed E-state index contributed by atoms with van der Waals surface area (Å²) in [6, 6.07) is 7.34. The number of anilines is 1. The molecule has 0 atom stereocenters. The van der Waals surface area contributed by atoms with Crippen LogP contribution in [0.25, 0.3) is 0 Å². The Kier molecular flexibility index (Phi) is 4.17. The number of likely N-dealkylation sites (tertiary alicyclic amines) is 1. The molecule has 0 aliphatic carbocycles. The van der Waals surface area contributed by atoms with Gasteiger partial charge in [-0.15, -0.1) is 0 Å². The third-order valence-corrected chi connectivity index (χ3v) is 3.09. The van der Waals surface area contributed by atoms with Crippen molar-refractivity contribution in [2.24, 2.45) is 11.7 Å². The molecule has 1 saturated heterocycles. The summed E-state index contributed by atoms with van der Waals surface area (Å²) in [5.41, 5.74) is 6.30. The van der Waals surface area contributed by atoms with Crippen LogP contribution in [-0.4, -0.2) is 44.1 Å². The van der Waals surface area contributed by atoms with Gasteiger partial charge >= 0.3 is 0 Å². The summed E-state index contributed by atoms with van der Waals surface area (Å²) in [6.45, 7) is 2.96. The molecule has 0 aromatic heterocycles. The molecular weight excluding hydrogens is 230 g/mol. The number of methoxy groups -OCH3 is 1. The Bertz CT molecular complexity index is 416. The van der Waals surface area contributed by atoms with Crippen LogP contribution < -0.4 is 15.8 Å². The number of ether oxygens (including phenoxy) is 1. The summed E-state index contributed by atoms with van der Waals surface area (Å²) < 4.78 is 5.10. The number of hydrogen-bond acceptors (Lipinski definition) is 4. The SMILES string of the molecule is COc1cccc(NC(=O)CN2CC(CN)C2)c1. The molecule has 98 valence electrons. The summed E-state index contributed by atoms with van der Waals surface area (Å²) in [7, 11) is 1.61. The quantitative estimate of drug-likeness (QED) is 0.798. The fraction of sp³-hybridized carbons (Fsp3) is 0.462. The number of carbonyl (C=O) groups excluding carboxylic acids is 1. The first-order valence-electron chi connectivity index (χ1n) is 6.07. The van der Waals surface area contributed by atoms with Gasteiger partial charge in [0.05, 0.1) is 13.7 Å². The molecular formula is C13H19N3O2. The van der Waals surface area contributed by atoms with Crippen molar-refractivity contribution in [3.63, 3.8) is 0 Å². The van der Waals surface area contributed by atoms with Crippen molar-refractivity contribution >= 4 is 11.6 Å². The van der Waals surface area contributed by atoms with E-state index in [1.807, 2.05) is 18.2 Å². The summed E-state index contributed by atoms with van der Waals surface area (Å²) in [6.07, 6.45) is 0. The topological polar surface area (TPSA) is 67.6 Å². The zero-order valence-corrected chi connectivity index (χ0v) is 10.6. The van der Waals surface area contributed by atoms with E-state index in [2.05, 4.69) is 10.2 Å². The molecule has 1 aromatic carbocycles. The molecule has 1 heterocycles. The first kappa shape index (κ1) is 12.9. The summed E-state index contributed by atoms with van der Waals surface area (Å²) >= 11 is 0. The van der Waals surface area contributed by atoms with Crippen LogP contribution in [0, 0.1) is 5.92 Å². The van der Waals surface area contributed by atoms with E-state index in [0.29, 0.717) is 19.0 Å². The summed E-state index contributed by atoms with van der Waals surface area (Å²) in [5, 5.41) is 2.86. The summed E-state index contributed by atoms with van der Waals surface area (Å²) in [4.78, 5) is 13.9. The van der Waals surface area contributed by atoms with Gasteiger partial charge in [0.15, 0.2) is 0 Å². The second kappa shape index (κ2) is 5.84. The minimum absolute atomic E-state index is 0.00118. The highest BCUT2D eigenvalue weighted by atomic mass is 16.5. The fourth-order valence-electron chi connectivity index (χ4n) is 2.06. The minimum atomic E-state index is -0.00118. The van der Waals surface area contributed by atoms with Crippen molar-refractivity contribution in [1.82, 2.24) is 4.90 Å². The van der Waals surface area contributed by atoms with E-state index in [-0.39, 0.29) is 5.91 Å². The van der Waals surface area contributed by atoms with Gasteiger partial charge < -0.3 is 15.8 Å². The van der Waals surface area contributed by atoms with E-state index in [4.69, 9.17) is 10.5 Å². The Hall–Kier alpha value is -1.59. The van der Waals surface area contributed by atoms with Crippen LogP contribution in [0.15, 0.2) is 24.3 Å². The van der Waals surface area contributed by atoms with Gasteiger partial charge in [0, 0.05) is 24.8 Å². The second-order valence-electron chi connectivity index (χ2n) is 4.58. The van der Waals surface area contributed by atoms with Crippen LogP contribution in [0.3, 0.4) is 0 Å². The van der Waals surface area contributed by atoms with Gasteiger partial charge in [-0.25, -0.2) is 0 Å². The Morgan fingerprint density at radius 3 is 3.00 bits per heavy atom. The maximum Gasteiger partial charge on any atom is 0.238 e. The molecule has 3 N–H and O–H groups in total. The Labute approximate surface area is 107 Å². The molecule has 1 aliphatic heterocycles. The van der Waals surface area contributed by atoms with E-state index >= 15 is 0 Å². The number of carbonyl (C=O) groups is 1. The van der Waals surface area contributed by atoms with Crippen LogP contribution in [0.5, 0.6) is 5.75 Å². The molecule has 5 nitrogen and oxygen atoms in total. The third-order valence-electron chi connectivity index (χ3n) is 3.09. The van der Waals surface area contributed by atoms with E-state index in [0.717, 1.165) is 24.5 Å². The van der Waals surface area contributed by atoms with Gasteiger partial charge in [0.25, 0.3) is 0 Å². The van der Waals surface area contributed by atoms with Crippen molar-refractivity contribution < 1.29 is 9.53 Å². The Morgan fingerprint density at radius 2 is 2.33 bits per heavy atom. The van der Waals surface area contributed by atoms with Gasteiger partial charge in [0.2, 0.25) is 5.91 Å². The largest absolute Gasteiger partial charge is 0.497 e. The smallest absolute Gasteiger partial charge is 0.238 e. The molecule has 0 bridgehead atoms. The molecule has 18 heavy (non-hydrogen) atoms. The van der Waals surface area contributed by atoms with E-state index in [9.17, 15) is 4.79 Å². The number of nitrogens with one attached hydrogen (secondary N) is 1. The highest BCUT2D eigenvalue weighted by Crippen LogP contribution is 2.17. The molecule has 0 unspecified atom stereocenters. The maximum atomic E-state index is 11.8. The number of amides is 1. The highest BCUT2D eigenvalue weighted by molar-refractivity contribution is 5.92. The zero-order chi connectivity index (χ0) is 13.0. The minimum Gasteiger partial charge on any atom is -0.497 e. The van der Waals surface area contributed by atoms with E-state index in [1.165, 1.54) is 0 Å². The molecule has 1 fully saturated rings. The lowest BCUT2D eigenvalue weighted by Gasteiger charge is -2.37. The molecule has 2 rings (SSSR count). The monoisotopic (exact) mass is 249 g/mol. The Balaban J connectivity index is 1.80. The van der Waals surface area contributed by atoms with Gasteiger partial charge in [-0.05, 0) is 24.6 Å². The average Bonchev–Trinajstić information content (AvgIpc) is 2.33. The van der Waals surface area contributed by atoms with Crippen molar-refractivity contribution in [3.05, 3.63) is 24.3 Å². The molecule has 0 saturated carbocycles. The molecule has 1 aromatic rings. The number of rotatable bonds is 5. The molecule has 1 amide bonds. The van der Waals surface area contributed by atoms with Crippen molar-refractivity contribution in [2.45, 2.75) is 0 Å². The number of nitrogens with two attached hydrogens (primary N) is 1. The predicted octanol–water partition coefficient (Wildman–Crippen LogP) is 0.524.